The van der Waals surface area contributed by atoms with Crippen LogP contribution in [-0.2, 0) is 22.4 Å². The zero-order valence-electron chi connectivity index (χ0n) is 18.2. The van der Waals surface area contributed by atoms with Crippen molar-refractivity contribution in [3.8, 4) is 5.75 Å². The smallest absolute Gasteiger partial charge is 0.231 e. The SMILES string of the molecule is N/C(C=O)=C\N(N)CC(F)CCc1ccc(NC(=O)Cc2cc(OC3CCC3)ccn2)nn1. The van der Waals surface area contributed by atoms with Crippen LogP contribution in [0.5, 0.6) is 5.75 Å². The van der Waals surface area contributed by atoms with Crippen LogP contribution in [0.2, 0.25) is 0 Å². The molecule has 0 aromatic carbocycles. The Kier molecular flexibility index (Phi) is 8.64. The van der Waals surface area contributed by atoms with Gasteiger partial charge < -0.3 is 20.8 Å². The highest BCUT2D eigenvalue weighted by atomic mass is 19.1. The number of ether oxygens (including phenoxy) is 1. The number of hydrazine groups is 1. The number of carbonyl (C=O) groups is 2. The number of halogens is 1. The van der Waals surface area contributed by atoms with Gasteiger partial charge in [0.15, 0.2) is 12.1 Å². The predicted molar refractivity (Wildman–Crippen MR) is 119 cm³/mol. The summed E-state index contributed by atoms with van der Waals surface area (Å²) in [6.45, 7) is -0.114. The number of rotatable bonds is 12. The Morgan fingerprint density at radius 1 is 1.30 bits per heavy atom. The molecule has 11 heteroatoms. The molecule has 1 aliphatic carbocycles. The van der Waals surface area contributed by atoms with E-state index >= 15 is 0 Å². The molecular formula is C22H28FN7O3. The van der Waals surface area contributed by atoms with Crippen molar-refractivity contribution >= 4 is 18.0 Å². The highest BCUT2D eigenvalue weighted by Gasteiger charge is 2.19. The standard InChI is InChI=1S/C22H28FN7O3/c23-15(12-30(25)13-16(24)14-31)4-5-17-6-7-21(29-28-17)27-22(32)11-18-10-20(8-9-26-18)33-19-2-1-3-19/h6-10,13-15,19H,1-5,11-12,24-25H2,(H,27,29,32)/b16-13-. The van der Waals surface area contributed by atoms with Crippen LogP contribution in [0.15, 0.2) is 42.4 Å². The molecule has 10 nitrogen and oxygen atoms in total. The van der Waals surface area contributed by atoms with Crippen LogP contribution in [0, 0.1) is 0 Å². The second-order valence-corrected chi connectivity index (χ2v) is 7.87. The van der Waals surface area contributed by atoms with E-state index in [1.807, 2.05) is 0 Å². The first-order chi connectivity index (χ1) is 15.9. The molecule has 176 valence electrons. The van der Waals surface area contributed by atoms with E-state index in [0.717, 1.165) is 17.9 Å². The molecule has 2 aromatic rings. The molecule has 3 rings (SSSR count). The number of pyridine rings is 1. The van der Waals surface area contributed by atoms with Gasteiger partial charge in [0, 0.05) is 18.5 Å². The Bertz CT molecular complexity index is 967. The topological polar surface area (TPSA) is 149 Å². The van der Waals surface area contributed by atoms with Gasteiger partial charge in [-0.25, -0.2) is 10.2 Å². The molecule has 1 atom stereocenters. The lowest BCUT2D eigenvalue weighted by atomic mass is 9.96. The normalized spacial score (nSPS) is 14.8. The maximum absolute atomic E-state index is 14.1. The van der Waals surface area contributed by atoms with Gasteiger partial charge in [-0.15, -0.1) is 5.10 Å². The van der Waals surface area contributed by atoms with Crippen LogP contribution in [0.3, 0.4) is 0 Å². The summed E-state index contributed by atoms with van der Waals surface area (Å²) in [5.41, 5.74) is 6.42. The predicted octanol–water partition coefficient (Wildman–Crippen LogP) is 1.43. The summed E-state index contributed by atoms with van der Waals surface area (Å²) in [5.74, 6) is 6.31. The molecular weight excluding hydrogens is 429 g/mol. The van der Waals surface area contributed by atoms with Crippen molar-refractivity contribution in [2.24, 2.45) is 11.6 Å². The van der Waals surface area contributed by atoms with E-state index in [4.69, 9.17) is 16.3 Å². The van der Waals surface area contributed by atoms with Crippen molar-refractivity contribution in [1.82, 2.24) is 20.2 Å². The van der Waals surface area contributed by atoms with Crippen molar-refractivity contribution in [2.75, 3.05) is 11.9 Å². The maximum atomic E-state index is 14.1. The summed E-state index contributed by atoms with van der Waals surface area (Å²) in [4.78, 5) is 27.0. The quantitative estimate of drug-likeness (QED) is 0.186. The fraction of sp³-hybridized carbons (Fsp3) is 0.409. The van der Waals surface area contributed by atoms with Crippen LogP contribution >= 0.6 is 0 Å². The fourth-order valence-electron chi connectivity index (χ4n) is 3.12. The first-order valence-electron chi connectivity index (χ1n) is 10.7. The van der Waals surface area contributed by atoms with Crippen LogP contribution in [-0.4, -0.2) is 51.2 Å². The number of nitrogens with zero attached hydrogens (tertiary/aromatic N) is 4. The van der Waals surface area contributed by atoms with Gasteiger partial charge in [-0.2, -0.15) is 5.10 Å². The fourth-order valence-corrected chi connectivity index (χ4v) is 3.12. The second-order valence-electron chi connectivity index (χ2n) is 7.87. The number of aldehydes is 1. The summed E-state index contributed by atoms with van der Waals surface area (Å²) in [5, 5.41) is 11.7. The third-order valence-corrected chi connectivity index (χ3v) is 5.05. The highest BCUT2D eigenvalue weighted by Crippen LogP contribution is 2.25. The van der Waals surface area contributed by atoms with E-state index in [1.54, 1.807) is 30.5 Å². The van der Waals surface area contributed by atoms with Crippen LogP contribution in [0.25, 0.3) is 0 Å². The average molecular weight is 458 g/mol. The number of aryl methyl sites for hydroxylation is 1. The molecule has 2 aromatic heterocycles. The molecule has 5 N–H and O–H groups in total. The number of hydrogen-bond acceptors (Lipinski definition) is 9. The molecule has 1 aliphatic rings. The third kappa shape index (κ3) is 8.11. The Labute approximate surface area is 191 Å². The average Bonchev–Trinajstić information content (AvgIpc) is 2.76. The summed E-state index contributed by atoms with van der Waals surface area (Å²) < 4.78 is 19.9. The Balaban J connectivity index is 1.43. The van der Waals surface area contributed by atoms with Gasteiger partial charge in [0.05, 0.1) is 36.2 Å². The van der Waals surface area contributed by atoms with Gasteiger partial charge in [-0.05, 0) is 50.3 Å². The van der Waals surface area contributed by atoms with Gasteiger partial charge in [0.2, 0.25) is 5.91 Å². The monoisotopic (exact) mass is 457 g/mol. The van der Waals surface area contributed by atoms with Crippen molar-refractivity contribution < 1.29 is 18.7 Å². The zero-order chi connectivity index (χ0) is 23.6. The van der Waals surface area contributed by atoms with E-state index in [0.29, 0.717) is 35.7 Å². The molecule has 1 amide bonds. The number of alkyl halides is 1. The molecule has 0 saturated heterocycles. The minimum Gasteiger partial charge on any atom is -0.490 e. The molecule has 1 saturated carbocycles. The number of nitrogens with one attached hydrogen (secondary N) is 1. The summed E-state index contributed by atoms with van der Waals surface area (Å²) in [6.07, 6.45) is 6.09. The minimum atomic E-state index is -1.25. The molecule has 1 fully saturated rings. The largest absolute Gasteiger partial charge is 0.490 e. The molecule has 1 unspecified atom stereocenters. The van der Waals surface area contributed by atoms with Crippen LogP contribution in [0.4, 0.5) is 10.2 Å². The summed E-state index contributed by atoms with van der Waals surface area (Å²) >= 11 is 0. The zero-order valence-corrected chi connectivity index (χ0v) is 18.2. The Morgan fingerprint density at radius 3 is 2.79 bits per heavy atom. The van der Waals surface area contributed by atoms with Crippen molar-refractivity contribution in [3.05, 3.63) is 53.7 Å². The lowest BCUT2D eigenvalue weighted by molar-refractivity contribution is -0.115. The molecule has 0 radical (unpaired) electrons. The van der Waals surface area contributed by atoms with E-state index in [-0.39, 0.29) is 37.1 Å². The van der Waals surface area contributed by atoms with Gasteiger partial charge in [-0.3, -0.25) is 14.6 Å². The van der Waals surface area contributed by atoms with Gasteiger partial charge in [0.25, 0.3) is 0 Å². The van der Waals surface area contributed by atoms with E-state index in [1.165, 1.54) is 12.6 Å². The lowest BCUT2D eigenvalue weighted by Crippen LogP contribution is -2.33. The highest BCUT2D eigenvalue weighted by molar-refractivity contribution is 5.91. The summed E-state index contributed by atoms with van der Waals surface area (Å²) in [7, 11) is 0. The Hall–Kier alpha value is -3.60. The van der Waals surface area contributed by atoms with E-state index in [2.05, 4.69) is 20.5 Å². The summed E-state index contributed by atoms with van der Waals surface area (Å²) in [6, 6.07) is 6.84. The molecule has 2 heterocycles. The van der Waals surface area contributed by atoms with Crippen molar-refractivity contribution in [2.45, 2.75) is 50.8 Å². The first-order valence-corrected chi connectivity index (χ1v) is 10.7. The maximum Gasteiger partial charge on any atom is 0.231 e. The molecule has 33 heavy (non-hydrogen) atoms. The molecule has 0 bridgehead atoms. The number of amides is 1. The van der Waals surface area contributed by atoms with Crippen molar-refractivity contribution in [3.63, 3.8) is 0 Å². The van der Waals surface area contributed by atoms with Gasteiger partial charge in [-0.1, -0.05) is 0 Å². The second kappa shape index (κ2) is 11.9. The number of allylic oxidation sites excluding steroid dienone is 1. The van der Waals surface area contributed by atoms with E-state index < -0.39 is 6.17 Å². The van der Waals surface area contributed by atoms with Crippen molar-refractivity contribution in [1.29, 1.82) is 0 Å². The Morgan fingerprint density at radius 2 is 2.12 bits per heavy atom. The first kappa shape index (κ1) is 24.1. The number of anilines is 1. The van der Waals surface area contributed by atoms with Crippen LogP contribution < -0.4 is 21.6 Å². The minimum absolute atomic E-state index is 0.0769. The van der Waals surface area contributed by atoms with Gasteiger partial charge in [0.1, 0.15) is 11.9 Å². The lowest BCUT2D eigenvalue weighted by Gasteiger charge is -2.26. The number of nitrogens with two attached hydrogens (primary N) is 2. The molecule has 0 spiro atoms. The number of carbonyl (C=O) groups excluding carboxylic acids is 2. The number of aromatic nitrogens is 3. The van der Waals surface area contributed by atoms with Gasteiger partial charge >= 0.3 is 0 Å². The van der Waals surface area contributed by atoms with E-state index in [9.17, 15) is 14.0 Å². The number of hydrogen-bond donors (Lipinski definition) is 3. The molecule has 0 aliphatic heterocycles. The van der Waals surface area contributed by atoms with Crippen LogP contribution in [0.1, 0.15) is 37.1 Å². The third-order valence-electron chi connectivity index (χ3n) is 5.05.